The number of ether oxygens (including phenoxy) is 1. The van der Waals surface area contributed by atoms with Gasteiger partial charge in [0.2, 0.25) is 11.5 Å². The van der Waals surface area contributed by atoms with Crippen molar-refractivity contribution in [3.63, 3.8) is 0 Å². The Balaban J connectivity index is 1.59. The molecule has 0 aliphatic rings. The van der Waals surface area contributed by atoms with Crippen LogP contribution in [0.25, 0.3) is 22.1 Å². The van der Waals surface area contributed by atoms with E-state index in [1.165, 1.54) is 10.9 Å². The molecule has 142 valence electrons. The maximum Gasteiger partial charge on any atom is 0.297 e. The Hall–Kier alpha value is -3.61. The lowest BCUT2D eigenvalue weighted by Gasteiger charge is -2.19. The molecule has 7 nitrogen and oxygen atoms in total. The second-order valence-electron chi connectivity index (χ2n) is 6.52. The fourth-order valence-corrected chi connectivity index (χ4v) is 3.17. The van der Waals surface area contributed by atoms with E-state index in [9.17, 15) is 9.59 Å². The number of hydrogen-bond acceptors (Lipinski definition) is 5. The first kappa shape index (κ1) is 17.8. The lowest BCUT2D eigenvalue weighted by Crippen LogP contribution is -2.33. The Bertz CT molecular complexity index is 1230. The van der Waals surface area contributed by atoms with Gasteiger partial charge in [-0.2, -0.15) is 0 Å². The maximum absolute atomic E-state index is 12.8. The molecule has 0 bridgehead atoms. The first-order valence-corrected chi connectivity index (χ1v) is 8.81. The summed E-state index contributed by atoms with van der Waals surface area (Å²) in [6.07, 6.45) is 1.39. The second kappa shape index (κ2) is 7.19. The highest BCUT2D eigenvalue weighted by atomic mass is 16.5. The average molecular weight is 377 g/mol. The highest BCUT2D eigenvalue weighted by Crippen LogP contribution is 2.24. The maximum atomic E-state index is 12.8. The van der Waals surface area contributed by atoms with E-state index in [0.717, 1.165) is 10.9 Å². The largest absolute Gasteiger partial charge is 0.496 e. The van der Waals surface area contributed by atoms with Gasteiger partial charge in [-0.3, -0.25) is 14.2 Å². The van der Waals surface area contributed by atoms with Crippen molar-refractivity contribution >= 4 is 28.0 Å². The van der Waals surface area contributed by atoms with Crippen molar-refractivity contribution in [2.24, 2.45) is 0 Å². The zero-order valence-electron chi connectivity index (χ0n) is 15.6. The van der Waals surface area contributed by atoms with Gasteiger partial charge in [-0.25, -0.2) is 4.98 Å². The number of carbonyl (C=O) groups is 1. The first-order chi connectivity index (χ1) is 13.6. The number of methoxy groups -OCH3 is 1. The van der Waals surface area contributed by atoms with Crippen LogP contribution in [0.15, 0.2) is 64.1 Å². The number of para-hydroxylation sites is 2. The molecule has 4 rings (SSSR count). The molecule has 0 saturated carbocycles. The highest BCUT2D eigenvalue weighted by molar-refractivity contribution is 6.01. The van der Waals surface area contributed by atoms with Gasteiger partial charge < -0.3 is 14.1 Å². The Morgan fingerprint density at radius 1 is 1.18 bits per heavy atom. The van der Waals surface area contributed by atoms with Crippen molar-refractivity contribution in [3.05, 3.63) is 70.8 Å². The van der Waals surface area contributed by atoms with E-state index < -0.39 is 0 Å². The Kier molecular flexibility index (Phi) is 4.57. The van der Waals surface area contributed by atoms with Gasteiger partial charge in [-0.1, -0.05) is 30.3 Å². The average Bonchev–Trinajstić information content (AvgIpc) is 3.10. The monoisotopic (exact) mass is 377 g/mol. The molecule has 7 heteroatoms. The van der Waals surface area contributed by atoms with Crippen molar-refractivity contribution in [2.45, 2.75) is 13.1 Å². The molecule has 0 aliphatic heterocycles. The summed E-state index contributed by atoms with van der Waals surface area (Å²) in [4.78, 5) is 31.3. The van der Waals surface area contributed by atoms with E-state index in [2.05, 4.69) is 4.98 Å². The van der Waals surface area contributed by atoms with Gasteiger partial charge in [0.25, 0.3) is 5.56 Å². The van der Waals surface area contributed by atoms with Crippen LogP contribution < -0.4 is 10.3 Å². The summed E-state index contributed by atoms with van der Waals surface area (Å²) in [5.74, 6) is 0.495. The zero-order chi connectivity index (χ0) is 19.7. The van der Waals surface area contributed by atoms with Crippen LogP contribution in [-0.4, -0.2) is 34.5 Å². The molecule has 0 radical (unpaired) electrons. The van der Waals surface area contributed by atoms with E-state index in [-0.39, 0.29) is 23.6 Å². The predicted octanol–water partition coefficient (Wildman–Crippen LogP) is 2.81. The molecule has 4 aromatic rings. The number of nitrogens with zero attached hydrogens (tertiary/aromatic N) is 3. The number of rotatable bonds is 5. The van der Waals surface area contributed by atoms with Crippen LogP contribution in [0.1, 0.15) is 5.56 Å². The highest BCUT2D eigenvalue weighted by Gasteiger charge is 2.17. The number of hydrogen-bond donors (Lipinski definition) is 0. The predicted molar refractivity (Wildman–Crippen MR) is 105 cm³/mol. The summed E-state index contributed by atoms with van der Waals surface area (Å²) >= 11 is 0. The summed E-state index contributed by atoms with van der Waals surface area (Å²) < 4.78 is 12.2. The number of benzene rings is 2. The molecule has 2 aromatic carbocycles. The van der Waals surface area contributed by atoms with Gasteiger partial charge in [-0.05, 0) is 18.2 Å². The lowest BCUT2D eigenvalue weighted by molar-refractivity contribution is -0.131. The Labute approximate surface area is 160 Å². The molecule has 1 amide bonds. The van der Waals surface area contributed by atoms with Crippen LogP contribution in [0.3, 0.4) is 0 Å². The van der Waals surface area contributed by atoms with Crippen molar-refractivity contribution in [1.82, 2.24) is 14.5 Å². The molecule has 2 heterocycles. The van der Waals surface area contributed by atoms with Crippen LogP contribution in [0.2, 0.25) is 0 Å². The molecule has 2 aromatic heterocycles. The smallest absolute Gasteiger partial charge is 0.297 e. The van der Waals surface area contributed by atoms with E-state index in [1.807, 2.05) is 42.5 Å². The molecule has 0 aliphatic carbocycles. The van der Waals surface area contributed by atoms with Crippen molar-refractivity contribution in [3.8, 4) is 5.75 Å². The van der Waals surface area contributed by atoms with Gasteiger partial charge in [-0.15, -0.1) is 0 Å². The minimum Gasteiger partial charge on any atom is -0.496 e. The van der Waals surface area contributed by atoms with E-state index >= 15 is 0 Å². The van der Waals surface area contributed by atoms with Crippen molar-refractivity contribution < 1.29 is 13.9 Å². The van der Waals surface area contributed by atoms with Crippen LogP contribution in [-0.2, 0) is 17.9 Å². The number of amides is 1. The number of aromatic nitrogens is 2. The first-order valence-electron chi connectivity index (χ1n) is 8.81. The third-order valence-electron chi connectivity index (χ3n) is 4.68. The third-order valence-corrected chi connectivity index (χ3v) is 4.68. The topological polar surface area (TPSA) is 77.6 Å². The number of likely N-dealkylation sites (N-methyl/N-ethyl adjacent to an activating group) is 1. The number of fused-ring (bicyclic) bond motifs is 3. The second-order valence-corrected chi connectivity index (χ2v) is 6.52. The molecule has 28 heavy (non-hydrogen) atoms. The number of carbonyl (C=O) groups excluding carboxylic acids is 1. The SMILES string of the molecule is COc1ccccc1CN(C)C(=O)Cn1cnc2c(oc3ccccc32)c1=O. The standard InChI is InChI=1S/C21H19N3O4/c1-23(11-14-7-3-5-9-16(14)27-2)18(25)12-24-13-22-19-15-8-4-6-10-17(15)28-20(19)21(24)26/h3-10,13H,11-12H2,1-2H3. The third kappa shape index (κ3) is 3.11. The minimum atomic E-state index is -0.375. The Morgan fingerprint density at radius 3 is 2.75 bits per heavy atom. The zero-order valence-corrected chi connectivity index (χ0v) is 15.6. The van der Waals surface area contributed by atoms with Crippen molar-refractivity contribution in [2.75, 3.05) is 14.2 Å². The van der Waals surface area contributed by atoms with Crippen molar-refractivity contribution in [1.29, 1.82) is 0 Å². The summed E-state index contributed by atoms with van der Waals surface area (Å²) in [7, 11) is 3.28. The quantitative estimate of drug-likeness (QED) is 0.534. The summed E-state index contributed by atoms with van der Waals surface area (Å²) in [5.41, 5.74) is 1.77. The summed E-state index contributed by atoms with van der Waals surface area (Å²) in [6.45, 7) is 0.252. The van der Waals surface area contributed by atoms with Gasteiger partial charge >= 0.3 is 0 Å². The molecule has 0 saturated heterocycles. The molecule has 0 atom stereocenters. The summed E-state index contributed by atoms with van der Waals surface area (Å²) in [5, 5.41) is 0.779. The van der Waals surface area contributed by atoms with E-state index in [4.69, 9.17) is 9.15 Å². The van der Waals surface area contributed by atoms with Gasteiger partial charge in [0, 0.05) is 24.5 Å². The van der Waals surface area contributed by atoms with Crippen LogP contribution in [0.4, 0.5) is 0 Å². The minimum absolute atomic E-state index is 0.121. The molecule has 0 N–H and O–H groups in total. The molecule has 0 unspecified atom stereocenters. The molecular weight excluding hydrogens is 358 g/mol. The molecule has 0 fully saturated rings. The normalized spacial score (nSPS) is 11.1. The van der Waals surface area contributed by atoms with Gasteiger partial charge in [0.05, 0.1) is 13.4 Å². The fraction of sp³-hybridized carbons (Fsp3) is 0.190. The molecular formula is C21H19N3O4. The lowest BCUT2D eigenvalue weighted by atomic mass is 10.2. The molecule has 0 spiro atoms. The van der Waals surface area contributed by atoms with E-state index in [0.29, 0.717) is 23.4 Å². The van der Waals surface area contributed by atoms with Gasteiger partial charge in [0.15, 0.2) is 0 Å². The summed E-state index contributed by atoms with van der Waals surface area (Å²) in [6, 6.07) is 14.8. The van der Waals surface area contributed by atoms with Gasteiger partial charge in [0.1, 0.15) is 23.4 Å². The Morgan fingerprint density at radius 2 is 1.93 bits per heavy atom. The fourth-order valence-electron chi connectivity index (χ4n) is 3.17. The number of furan rings is 1. The van der Waals surface area contributed by atoms with Crippen LogP contribution in [0, 0.1) is 0 Å². The van der Waals surface area contributed by atoms with E-state index in [1.54, 1.807) is 25.1 Å². The van der Waals surface area contributed by atoms with Crippen LogP contribution >= 0.6 is 0 Å². The van der Waals surface area contributed by atoms with Crippen LogP contribution in [0.5, 0.6) is 5.75 Å².